The van der Waals surface area contributed by atoms with Crippen LogP contribution in [-0.4, -0.2) is 70.0 Å². The maximum absolute atomic E-state index is 12.7. The Kier molecular flexibility index (Phi) is 41.7. The average molecular weight is 870 g/mol. The molecule has 2 atom stereocenters. The Bertz CT molecular complexity index is 1070. The molecule has 60 heavy (non-hydrogen) atoms. The van der Waals surface area contributed by atoms with Crippen LogP contribution >= 0.6 is 7.82 Å². The number of phosphoric ester groups is 1. The van der Waals surface area contributed by atoms with Crippen molar-refractivity contribution in [2.75, 3.05) is 47.5 Å². The fraction of sp³-hybridized carbons (Fsp3) is 0.880. The molecule has 0 amide bonds. The number of quaternary nitrogens is 1. The highest BCUT2D eigenvalue weighted by molar-refractivity contribution is 7.45. The molecule has 0 radical (unpaired) electrons. The summed E-state index contributed by atoms with van der Waals surface area (Å²) < 4.78 is 34.0. The average Bonchev–Trinajstić information content (AvgIpc) is 3.20. The Hall–Kier alpha value is -1.51. The van der Waals surface area contributed by atoms with E-state index in [2.05, 4.69) is 38.2 Å². The van der Waals surface area contributed by atoms with Crippen molar-refractivity contribution >= 4 is 19.8 Å². The number of ether oxygens (including phenoxy) is 2. The molecule has 0 aromatic heterocycles. The number of unbranched alkanes of at least 4 members (excludes halogenated alkanes) is 28. The molecule has 0 aromatic rings. The zero-order valence-corrected chi connectivity index (χ0v) is 40.8. The molecule has 0 aliphatic heterocycles. The minimum atomic E-state index is -4.63. The smallest absolute Gasteiger partial charge is 0.306 e. The van der Waals surface area contributed by atoms with Crippen molar-refractivity contribution in [3.63, 3.8) is 0 Å². The van der Waals surface area contributed by atoms with E-state index in [9.17, 15) is 19.0 Å². The molecule has 0 aliphatic rings. The minimum absolute atomic E-state index is 0.0317. The summed E-state index contributed by atoms with van der Waals surface area (Å²) in [5.41, 5.74) is 0. The second-order valence-corrected chi connectivity index (χ2v) is 19.6. The van der Waals surface area contributed by atoms with E-state index in [0.29, 0.717) is 17.4 Å². The lowest BCUT2D eigenvalue weighted by Gasteiger charge is -2.28. The summed E-state index contributed by atoms with van der Waals surface area (Å²) in [7, 11) is 1.16. The standard InChI is InChI=1S/C50H96NO8P/c1-6-8-10-12-14-16-18-20-22-23-24-25-26-27-29-30-32-34-36-38-40-42-49(52)56-46-48(47-58-60(54,55)57-45-44-51(3,4)5)59-50(53)43-41-39-37-35-33-31-28-21-19-17-15-13-11-9-7-2/h15,17,21,28,48H,6-14,16,18-20,22-27,29-47H2,1-5H3/b17-15-,28-21-. The summed E-state index contributed by atoms with van der Waals surface area (Å²) in [6, 6.07) is 0. The van der Waals surface area contributed by atoms with Gasteiger partial charge in [-0.3, -0.25) is 14.2 Å². The molecule has 0 saturated heterocycles. The van der Waals surface area contributed by atoms with Gasteiger partial charge in [0.25, 0.3) is 7.82 Å². The van der Waals surface area contributed by atoms with Gasteiger partial charge in [0.15, 0.2) is 6.10 Å². The highest BCUT2D eigenvalue weighted by Gasteiger charge is 2.21. The maximum Gasteiger partial charge on any atom is 0.306 e. The number of phosphoric acid groups is 1. The summed E-state index contributed by atoms with van der Waals surface area (Å²) in [5.74, 6) is -0.839. The van der Waals surface area contributed by atoms with Crippen LogP contribution in [0.5, 0.6) is 0 Å². The summed E-state index contributed by atoms with van der Waals surface area (Å²) in [4.78, 5) is 37.6. The lowest BCUT2D eigenvalue weighted by Crippen LogP contribution is -2.37. The van der Waals surface area contributed by atoms with E-state index in [0.717, 1.165) is 57.8 Å². The third-order valence-electron chi connectivity index (χ3n) is 11.0. The van der Waals surface area contributed by atoms with E-state index in [-0.39, 0.29) is 32.0 Å². The van der Waals surface area contributed by atoms with Crippen LogP contribution in [-0.2, 0) is 32.7 Å². The van der Waals surface area contributed by atoms with Crippen LogP contribution < -0.4 is 4.89 Å². The first kappa shape index (κ1) is 58.5. The van der Waals surface area contributed by atoms with Crippen LogP contribution in [0.3, 0.4) is 0 Å². The lowest BCUT2D eigenvalue weighted by atomic mass is 10.0. The van der Waals surface area contributed by atoms with Gasteiger partial charge in [0, 0.05) is 12.8 Å². The van der Waals surface area contributed by atoms with E-state index in [1.54, 1.807) is 0 Å². The molecule has 2 unspecified atom stereocenters. The monoisotopic (exact) mass is 870 g/mol. The molecule has 0 aromatic carbocycles. The third-order valence-corrected chi connectivity index (χ3v) is 11.9. The van der Waals surface area contributed by atoms with Crippen LogP contribution in [0.25, 0.3) is 0 Å². The Morgan fingerprint density at radius 1 is 0.517 bits per heavy atom. The first-order valence-corrected chi connectivity index (χ1v) is 26.5. The van der Waals surface area contributed by atoms with E-state index < -0.39 is 26.5 Å². The molecule has 9 nitrogen and oxygen atoms in total. The fourth-order valence-corrected chi connectivity index (χ4v) is 7.77. The SMILES string of the molecule is CCCCC/C=C\C/C=C\CCCCCCCC(=O)OC(COC(=O)CCCCCCCCCCCCCCCCCCCCCCC)COP(=O)([O-])OCC[N+](C)(C)C. The molecule has 10 heteroatoms. The van der Waals surface area contributed by atoms with E-state index in [4.69, 9.17) is 18.5 Å². The van der Waals surface area contributed by atoms with Gasteiger partial charge in [0.05, 0.1) is 27.7 Å². The van der Waals surface area contributed by atoms with Crippen LogP contribution in [0.4, 0.5) is 0 Å². The van der Waals surface area contributed by atoms with Crippen molar-refractivity contribution in [2.24, 2.45) is 0 Å². The van der Waals surface area contributed by atoms with Gasteiger partial charge in [-0.25, -0.2) is 0 Å². The van der Waals surface area contributed by atoms with E-state index in [1.165, 1.54) is 141 Å². The number of nitrogens with zero attached hydrogens (tertiary/aromatic N) is 1. The molecule has 354 valence electrons. The summed E-state index contributed by atoms with van der Waals surface area (Å²) in [5, 5.41) is 0. The third kappa shape index (κ3) is 46.0. The topological polar surface area (TPSA) is 111 Å². The number of carbonyl (C=O) groups is 2. The molecular weight excluding hydrogens is 774 g/mol. The Balaban J connectivity index is 4.22. The van der Waals surface area contributed by atoms with Crippen molar-refractivity contribution in [3.8, 4) is 0 Å². The van der Waals surface area contributed by atoms with E-state index >= 15 is 0 Å². The number of esters is 2. The zero-order chi connectivity index (χ0) is 44.3. The Morgan fingerprint density at radius 3 is 1.35 bits per heavy atom. The Labute approximate surface area is 370 Å². The molecular formula is C50H96NO8P. The number of allylic oxidation sites excluding steroid dienone is 4. The van der Waals surface area contributed by atoms with Crippen molar-refractivity contribution in [1.82, 2.24) is 0 Å². The molecule has 0 rings (SSSR count). The number of hydrogen-bond acceptors (Lipinski definition) is 8. The molecule has 0 heterocycles. The number of carbonyl (C=O) groups excluding carboxylic acids is 2. The highest BCUT2D eigenvalue weighted by Crippen LogP contribution is 2.38. The van der Waals surface area contributed by atoms with Gasteiger partial charge in [-0.15, -0.1) is 0 Å². The van der Waals surface area contributed by atoms with Crippen LogP contribution in [0.15, 0.2) is 24.3 Å². The summed E-state index contributed by atoms with van der Waals surface area (Å²) in [6.07, 6.45) is 47.8. The fourth-order valence-electron chi connectivity index (χ4n) is 7.04. The predicted octanol–water partition coefficient (Wildman–Crippen LogP) is 14.1. The van der Waals surface area contributed by atoms with Crippen LogP contribution in [0, 0.1) is 0 Å². The second-order valence-electron chi connectivity index (χ2n) is 18.2. The van der Waals surface area contributed by atoms with Gasteiger partial charge in [-0.1, -0.05) is 199 Å². The summed E-state index contributed by atoms with van der Waals surface area (Å²) >= 11 is 0. The first-order chi connectivity index (χ1) is 29.0. The number of hydrogen-bond donors (Lipinski definition) is 0. The van der Waals surface area contributed by atoms with Gasteiger partial charge in [-0.05, 0) is 44.9 Å². The number of rotatable bonds is 46. The van der Waals surface area contributed by atoms with Gasteiger partial charge >= 0.3 is 11.9 Å². The van der Waals surface area contributed by atoms with Gasteiger partial charge < -0.3 is 27.9 Å². The van der Waals surface area contributed by atoms with Crippen molar-refractivity contribution in [2.45, 2.75) is 238 Å². The summed E-state index contributed by atoms with van der Waals surface area (Å²) in [6.45, 7) is 4.22. The molecule has 0 fully saturated rings. The Morgan fingerprint density at radius 2 is 0.900 bits per heavy atom. The first-order valence-electron chi connectivity index (χ1n) is 25.0. The van der Waals surface area contributed by atoms with Gasteiger partial charge in [0.2, 0.25) is 0 Å². The van der Waals surface area contributed by atoms with Crippen molar-refractivity contribution in [1.29, 1.82) is 0 Å². The van der Waals surface area contributed by atoms with Crippen LogP contribution in [0.1, 0.15) is 232 Å². The van der Waals surface area contributed by atoms with Gasteiger partial charge in [-0.2, -0.15) is 0 Å². The molecule has 0 spiro atoms. The molecule has 0 N–H and O–H groups in total. The molecule has 0 aliphatic carbocycles. The minimum Gasteiger partial charge on any atom is -0.756 e. The number of likely N-dealkylation sites (N-methyl/N-ethyl adjacent to an activating group) is 1. The largest absolute Gasteiger partial charge is 0.756 e. The predicted molar refractivity (Wildman–Crippen MR) is 250 cm³/mol. The molecule has 0 bridgehead atoms. The van der Waals surface area contributed by atoms with Crippen molar-refractivity contribution in [3.05, 3.63) is 24.3 Å². The normalized spacial score (nSPS) is 13.6. The quantitative estimate of drug-likeness (QED) is 0.0195. The highest BCUT2D eigenvalue weighted by atomic mass is 31.2. The van der Waals surface area contributed by atoms with E-state index in [1.807, 2.05) is 21.1 Å². The second kappa shape index (κ2) is 42.8. The zero-order valence-electron chi connectivity index (χ0n) is 39.9. The van der Waals surface area contributed by atoms with Crippen molar-refractivity contribution < 1.29 is 42.1 Å². The van der Waals surface area contributed by atoms with Crippen LogP contribution in [0.2, 0.25) is 0 Å². The van der Waals surface area contributed by atoms with Gasteiger partial charge in [0.1, 0.15) is 19.8 Å². The lowest BCUT2D eigenvalue weighted by molar-refractivity contribution is -0.870. The maximum atomic E-state index is 12.7. The molecule has 0 saturated carbocycles.